The summed E-state index contributed by atoms with van der Waals surface area (Å²) in [6.07, 6.45) is 1.86. The second-order valence-electron chi connectivity index (χ2n) is 4.93. The second-order valence-corrected chi connectivity index (χ2v) is 4.93. The summed E-state index contributed by atoms with van der Waals surface area (Å²) >= 11 is 0. The van der Waals surface area contributed by atoms with Crippen LogP contribution in [0.2, 0.25) is 0 Å². The third-order valence-electron chi connectivity index (χ3n) is 3.46. The molecule has 1 atom stereocenters. The van der Waals surface area contributed by atoms with Crippen molar-refractivity contribution in [3.05, 3.63) is 35.9 Å². The van der Waals surface area contributed by atoms with Gasteiger partial charge in [0.25, 0.3) is 0 Å². The molecule has 0 aliphatic carbocycles. The van der Waals surface area contributed by atoms with Crippen molar-refractivity contribution >= 4 is 6.03 Å². The second kappa shape index (κ2) is 7.87. The Morgan fingerprint density at radius 1 is 1.40 bits per heavy atom. The van der Waals surface area contributed by atoms with Crippen LogP contribution in [0.1, 0.15) is 12.0 Å². The van der Waals surface area contributed by atoms with E-state index in [1.807, 2.05) is 18.2 Å². The average molecular weight is 278 g/mol. The number of benzene rings is 1. The molecule has 1 saturated heterocycles. The van der Waals surface area contributed by atoms with Crippen LogP contribution in [-0.4, -0.2) is 55.0 Å². The molecule has 1 aromatic carbocycles. The van der Waals surface area contributed by atoms with Gasteiger partial charge in [-0.05, 0) is 18.4 Å². The first-order valence-corrected chi connectivity index (χ1v) is 7.08. The molecule has 0 saturated carbocycles. The van der Waals surface area contributed by atoms with E-state index in [-0.39, 0.29) is 18.7 Å². The molecular weight excluding hydrogens is 256 g/mol. The fraction of sp³-hybridized carbons (Fsp3) is 0.533. The first-order chi connectivity index (χ1) is 9.81. The minimum absolute atomic E-state index is 0.0581. The highest BCUT2D eigenvalue weighted by molar-refractivity contribution is 5.74. The van der Waals surface area contributed by atoms with E-state index in [0.29, 0.717) is 26.3 Å². The van der Waals surface area contributed by atoms with Gasteiger partial charge >= 0.3 is 6.03 Å². The summed E-state index contributed by atoms with van der Waals surface area (Å²) in [5.41, 5.74) is 1.28. The lowest BCUT2D eigenvalue weighted by atomic mass is 10.1. The van der Waals surface area contributed by atoms with Gasteiger partial charge in [-0.25, -0.2) is 4.79 Å². The van der Waals surface area contributed by atoms with Gasteiger partial charge < -0.3 is 20.1 Å². The van der Waals surface area contributed by atoms with E-state index in [1.165, 1.54) is 5.56 Å². The summed E-state index contributed by atoms with van der Waals surface area (Å²) in [4.78, 5) is 13.7. The van der Waals surface area contributed by atoms with E-state index in [2.05, 4.69) is 17.4 Å². The number of nitrogens with one attached hydrogen (secondary N) is 1. The van der Waals surface area contributed by atoms with Crippen molar-refractivity contribution in [1.82, 2.24) is 10.2 Å². The Morgan fingerprint density at radius 2 is 2.20 bits per heavy atom. The van der Waals surface area contributed by atoms with Gasteiger partial charge in [-0.1, -0.05) is 30.3 Å². The van der Waals surface area contributed by atoms with Crippen LogP contribution in [0.15, 0.2) is 30.3 Å². The summed E-state index contributed by atoms with van der Waals surface area (Å²) in [6.45, 7) is 2.07. The van der Waals surface area contributed by atoms with Gasteiger partial charge in [-0.15, -0.1) is 0 Å². The Kier molecular flexibility index (Phi) is 5.83. The number of aliphatic hydroxyl groups is 1. The molecule has 1 unspecified atom stereocenters. The number of carbonyl (C=O) groups is 1. The van der Waals surface area contributed by atoms with Crippen LogP contribution in [0.25, 0.3) is 0 Å². The zero-order chi connectivity index (χ0) is 14.2. The van der Waals surface area contributed by atoms with Crippen molar-refractivity contribution in [2.45, 2.75) is 18.9 Å². The van der Waals surface area contributed by atoms with Crippen LogP contribution in [0, 0.1) is 0 Å². The summed E-state index contributed by atoms with van der Waals surface area (Å²) < 4.78 is 5.26. The maximum atomic E-state index is 12.0. The molecule has 0 aromatic heterocycles. The van der Waals surface area contributed by atoms with Crippen molar-refractivity contribution in [3.8, 4) is 0 Å². The Balaban J connectivity index is 1.69. The fourth-order valence-electron chi connectivity index (χ4n) is 2.31. The molecule has 2 amide bonds. The maximum absolute atomic E-state index is 12.0. The topological polar surface area (TPSA) is 61.8 Å². The molecule has 1 fully saturated rings. The van der Waals surface area contributed by atoms with E-state index in [1.54, 1.807) is 4.90 Å². The Bertz CT molecular complexity index is 411. The smallest absolute Gasteiger partial charge is 0.317 e. The summed E-state index contributed by atoms with van der Waals surface area (Å²) in [6, 6.07) is 9.88. The Morgan fingerprint density at radius 3 is 2.95 bits per heavy atom. The van der Waals surface area contributed by atoms with E-state index in [0.717, 1.165) is 12.8 Å². The average Bonchev–Trinajstić information content (AvgIpc) is 2.52. The first kappa shape index (κ1) is 14.8. The molecule has 1 aromatic rings. The highest BCUT2D eigenvalue weighted by Crippen LogP contribution is 2.07. The SMILES string of the molecule is O=C(NCCCc1ccccc1)N1CCOCC1CO. The van der Waals surface area contributed by atoms with Crippen LogP contribution in [-0.2, 0) is 11.2 Å². The standard InChI is InChI=1S/C15H22N2O3/c18-11-14-12-20-10-9-17(14)15(19)16-8-4-7-13-5-2-1-3-6-13/h1-3,5-6,14,18H,4,7-12H2,(H,16,19). The number of hydrogen-bond donors (Lipinski definition) is 2. The van der Waals surface area contributed by atoms with Gasteiger partial charge in [-0.2, -0.15) is 0 Å². The van der Waals surface area contributed by atoms with Gasteiger partial charge in [0.15, 0.2) is 0 Å². The number of amides is 2. The molecule has 1 heterocycles. The third kappa shape index (κ3) is 4.21. The third-order valence-corrected chi connectivity index (χ3v) is 3.46. The number of aliphatic hydroxyl groups excluding tert-OH is 1. The summed E-state index contributed by atoms with van der Waals surface area (Å²) in [7, 11) is 0. The number of morpholine rings is 1. The van der Waals surface area contributed by atoms with E-state index < -0.39 is 0 Å². The molecule has 0 spiro atoms. The summed E-state index contributed by atoms with van der Waals surface area (Å²) in [5, 5.41) is 12.1. The van der Waals surface area contributed by atoms with Crippen LogP contribution >= 0.6 is 0 Å². The van der Waals surface area contributed by atoms with Crippen molar-refractivity contribution in [2.24, 2.45) is 0 Å². The highest BCUT2D eigenvalue weighted by atomic mass is 16.5. The molecule has 2 rings (SSSR count). The van der Waals surface area contributed by atoms with Crippen LogP contribution in [0.3, 0.4) is 0 Å². The lowest BCUT2D eigenvalue weighted by Crippen LogP contribution is -2.54. The van der Waals surface area contributed by atoms with Crippen molar-refractivity contribution < 1.29 is 14.6 Å². The zero-order valence-electron chi connectivity index (χ0n) is 11.6. The summed E-state index contributed by atoms with van der Waals surface area (Å²) in [5.74, 6) is 0. The highest BCUT2D eigenvalue weighted by Gasteiger charge is 2.26. The van der Waals surface area contributed by atoms with Gasteiger partial charge in [-0.3, -0.25) is 0 Å². The predicted molar refractivity (Wildman–Crippen MR) is 76.6 cm³/mol. The van der Waals surface area contributed by atoms with Gasteiger partial charge in [0.05, 0.1) is 25.9 Å². The van der Waals surface area contributed by atoms with Crippen molar-refractivity contribution in [2.75, 3.05) is 32.9 Å². The van der Waals surface area contributed by atoms with Crippen LogP contribution < -0.4 is 5.32 Å². The molecule has 20 heavy (non-hydrogen) atoms. The quantitative estimate of drug-likeness (QED) is 0.791. The number of urea groups is 1. The minimum Gasteiger partial charge on any atom is -0.394 e. The number of ether oxygens (including phenoxy) is 1. The van der Waals surface area contributed by atoms with Gasteiger partial charge in [0, 0.05) is 13.1 Å². The number of nitrogens with zero attached hydrogens (tertiary/aromatic N) is 1. The number of rotatable bonds is 5. The molecule has 5 heteroatoms. The largest absolute Gasteiger partial charge is 0.394 e. The zero-order valence-corrected chi connectivity index (χ0v) is 11.6. The van der Waals surface area contributed by atoms with Gasteiger partial charge in [0.2, 0.25) is 0 Å². The fourth-order valence-corrected chi connectivity index (χ4v) is 2.31. The maximum Gasteiger partial charge on any atom is 0.317 e. The predicted octanol–water partition coefficient (Wildman–Crippen LogP) is 1.02. The molecule has 110 valence electrons. The van der Waals surface area contributed by atoms with Crippen molar-refractivity contribution in [3.63, 3.8) is 0 Å². The van der Waals surface area contributed by atoms with Crippen LogP contribution in [0.5, 0.6) is 0 Å². The van der Waals surface area contributed by atoms with E-state index in [9.17, 15) is 9.90 Å². The number of aryl methyl sites for hydroxylation is 1. The Labute approximate surface area is 119 Å². The number of hydrogen-bond acceptors (Lipinski definition) is 3. The Hall–Kier alpha value is -1.59. The normalized spacial score (nSPS) is 18.9. The molecule has 1 aliphatic heterocycles. The molecular formula is C15H22N2O3. The van der Waals surface area contributed by atoms with Crippen LogP contribution in [0.4, 0.5) is 4.79 Å². The lowest BCUT2D eigenvalue weighted by Gasteiger charge is -2.34. The monoisotopic (exact) mass is 278 g/mol. The van der Waals surface area contributed by atoms with Gasteiger partial charge in [0.1, 0.15) is 0 Å². The lowest BCUT2D eigenvalue weighted by molar-refractivity contribution is -0.00756. The first-order valence-electron chi connectivity index (χ1n) is 7.08. The number of carbonyl (C=O) groups excluding carboxylic acids is 1. The van der Waals surface area contributed by atoms with Crippen molar-refractivity contribution in [1.29, 1.82) is 0 Å². The van der Waals surface area contributed by atoms with E-state index in [4.69, 9.17) is 4.74 Å². The molecule has 0 bridgehead atoms. The van der Waals surface area contributed by atoms with E-state index >= 15 is 0 Å². The molecule has 2 N–H and O–H groups in total. The molecule has 0 radical (unpaired) electrons. The molecule has 1 aliphatic rings. The molecule has 5 nitrogen and oxygen atoms in total. The minimum atomic E-state index is -0.224.